The smallest absolute Gasteiger partial charge is 0.254 e. The Labute approximate surface area is 132 Å². The predicted molar refractivity (Wildman–Crippen MR) is 82.0 cm³/mol. The molecule has 0 unspecified atom stereocenters. The highest BCUT2D eigenvalue weighted by Crippen LogP contribution is 2.13. The van der Waals surface area contributed by atoms with Gasteiger partial charge in [-0.25, -0.2) is 8.78 Å². The van der Waals surface area contributed by atoms with Gasteiger partial charge in [0, 0.05) is 37.8 Å². The summed E-state index contributed by atoms with van der Waals surface area (Å²) in [6.07, 6.45) is 0. The lowest BCUT2D eigenvalue weighted by Gasteiger charge is -2.17. The molecular formula is C17H16F2N2O2. The van der Waals surface area contributed by atoms with Crippen LogP contribution in [0, 0.1) is 11.6 Å². The van der Waals surface area contributed by atoms with Gasteiger partial charge in [-0.1, -0.05) is 12.1 Å². The molecule has 0 atom stereocenters. The van der Waals surface area contributed by atoms with Crippen LogP contribution in [0.3, 0.4) is 0 Å². The standard InChI is InChI=1S/C17H16F2N2O2/c1-20-16(22)12-5-3-11(4-6-12)10-21(2)17(23)13-7-14(18)9-15(19)8-13/h3-9H,10H2,1-2H3,(H,20,22). The Hall–Kier alpha value is -2.76. The lowest BCUT2D eigenvalue weighted by Crippen LogP contribution is -2.26. The van der Waals surface area contributed by atoms with E-state index in [-0.39, 0.29) is 18.0 Å². The van der Waals surface area contributed by atoms with Crippen LogP contribution in [0.2, 0.25) is 0 Å². The minimum atomic E-state index is -0.795. The summed E-state index contributed by atoms with van der Waals surface area (Å²) >= 11 is 0. The SMILES string of the molecule is CNC(=O)c1ccc(CN(C)C(=O)c2cc(F)cc(F)c2)cc1. The summed E-state index contributed by atoms with van der Waals surface area (Å²) in [5.74, 6) is -2.27. The molecule has 0 saturated heterocycles. The summed E-state index contributed by atoms with van der Waals surface area (Å²) in [5.41, 5.74) is 1.26. The van der Waals surface area contributed by atoms with Crippen molar-refractivity contribution in [3.05, 3.63) is 70.8 Å². The molecule has 0 aliphatic carbocycles. The highest BCUT2D eigenvalue weighted by molar-refractivity contribution is 5.94. The molecule has 0 aliphatic heterocycles. The number of hydrogen-bond acceptors (Lipinski definition) is 2. The summed E-state index contributed by atoms with van der Waals surface area (Å²) in [4.78, 5) is 25.0. The van der Waals surface area contributed by atoms with Crippen molar-refractivity contribution in [1.29, 1.82) is 0 Å². The Bertz CT molecular complexity index is 710. The van der Waals surface area contributed by atoms with Crippen LogP contribution in [0.15, 0.2) is 42.5 Å². The second kappa shape index (κ2) is 7.00. The molecule has 120 valence electrons. The van der Waals surface area contributed by atoms with E-state index in [1.54, 1.807) is 31.3 Å². The lowest BCUT2D eigenvalue weighted by molar-refractivity contribution is 0.0783. The van der Waals surface area contributed by atoms with Crippen LogP contribution in [0.4, 0.5) is 8.78 Å². The van der Waals surface area contributed by atoms with Gasteiger partial charge in [0.25, 0.3) is 11.8 Å². The fraction of sp³-hybridized carbons (Fsp3) is 0.176. The quantitative estimate of drug-likeness (QED) is 0.942. The second-order valence-corrected chi connectivity index (χ2v) is 5.10. The lowest BCUT2D eigenvalue weighted by atomic mass is 10.1. The van der Waals surface area contributed by atoms with E-state index in [1.807, 2.05) is 0 Å². The first-order chi connectivity index (χ1) is 10.9. The van der Waals surface area contributed by atoms with E-state index in [1.165, 1.54) is 11.9 Å². The number of hydrogen-bond donors (Lipinski definition) is 1. The summed E-state index contributed by atoms with van der Waals surface area (Å²) < 4.78 is 26.4. The molecule has 2 amide bonds. The molecule has 23 heavy (non-hydrogen) atoms. The number of benzene rings is 2. The fourth-order valence-corrected chi connectivity index (χ4v) is 2.15. The molecule has 2 aromatic carbocycles. The zero-order valence-corrected chi connectivity index (χ0v) is 12.8. The molecule has 0 spiro atoms. The van der Waals surface area contributed by atoms with Crippen LogP contribution in [-0.4, -0.2) is 30.8 Å². The largest absolute Gasteiger partial charge is 0.355 e. The zero-order valence-electron chi connectivity index (χ0n) is 12.8. The van der Waals surface area contributed by atoms with Crippen molar-refractivity contribution < 1.29 is 18.4 Å². The molecule has 1 N–H and O–H groups in total. The molecule has 0 aliphatic rings. The monoisotopic (exact) mass is 318 g/mol. The van der Waals surface area contributed by atoms with Crippen LogP contribution in [0.25, 0.3) is 0 Å². The Morgan fingerprint density at radius 2 is 1.57 bits per heavy atom. The maximum absolute atomic E-state index is 13.2. The number of nitrogens with zero attached hydrogens (tertiary/aromatic N) is 1. The van der Waals surface area contributed by atoms with E-state index < -0.39 is 17.5 Å². The number of nitrogens with one attached hydrogen (secondary N) is 1. The van der Waals surface area contributed by atoms with E-state index >= 15 is 0 Å². The van der Waals surface area contributed by atoms with E-state index in [9.17, 15) is 18.4 Å². The number of carbonyl (C=O) groups excluding carboxylic acids is 2. The van der Waals surface area contributed by atoms with E-state index in [4.69, 9.17) is 0 Å². The van der Waals surface area contributed by atoms with Gasteiger partial charge in [-0.2, -0.15) is 0 Å². The molecule has 0 saturated carbocycles. The van der Waals surface area contributed by atoms with Crippen LogP contribution in [0.5, 0.6) is 0 Å². The minimum absolute atomic E-state index is 0.0491. The van der Waals surface area contributed by atoms with Gasteiger partial charge in [0.1, 0.15) is 11.6 Å². The van der Waals surface area contributed by atoms with Crippen LogP contribution in [0.1, 0.15) is 26.3 Å². The molecule has 0 radical (unpaired) electrons. The Morgan fingerprint density at radius 3 is 2.09 bits per heavy atom. The first-order valence-corrected chi connectivity index (χ1v) is 6.93. The minimum Gasteiger partial charge on any atom is -0.355 e. The number of rotatable bonds is 4. The third-order valence-electron chi connectivity index (χ3n) is 3.32. The van der Waals surface area contributed by atoms with Crippen LogP contribution in [-0.2, 0) is 6.54 Å². The molecular weight excluding hydrogens is 302 g/mol. The number of amides is 2. The Kier molecular flexibility index (Phi) is 5.05. The van der Waals surface area contributed by atoms with Gasteiger partial charge in [0.05, 0.1) is 0 Å². The van der Waals surface area contributed by atoms with Crippen LogP contribution >= 0.6 is 0 Å². The molecule has 6 heteroatoms. The molecule has 2 rings (SSSR count). The van der Waals surface area contributed by atoms with E-state index in [2.05, 4.69) is 5.32 Å². The van der Waals surface area contributed by atoms with Crippen molar-refractivity contribution >= 4 is 11.8 Å². The highest BCUT2D eigenvalue weighted by atomic mass is 19.1. The van der Waals surface area contributed by atoms with Gasteiger partial charge in [-0.3, -0.25) is 9.59 Å². The van der Waals surface area contributed by atoms with Crippen molar-refractivity contribution in [3.63, 3.8) is 0 Å². The maximum atomic E-state index is 13.2. The normalized spacial score (nSPS) is 10.3. The van der Waals surface area contributed by atoms with Gasteiger partial charge >= 0.3 is 0 Å². The van der Waals surface area contributed by atoms with Gasteiger partial charge in [-0.05, 0) is 29.8 Å². The highest BCUT2D eigenvalue weighted by Gasteiger charge is 2.14. The topological polar surface area (TPSA) is 49.4 Å². The van der Waals surface area contributed by atoms with Gasteiger partial charge in [-0.15, -0.1) is 0 Å². The van der Waals surface area contributed by atoms with Gasteiger partial charge in [0.15, 0.2) is 0 Å². The second-order valence-electron chi connectivity index (χ2n) is 5.10. The Morgan fingerprint density at radius 1 is 1.00 bits per heavy atom. The molecule has 0 heterocycles. The third-order valence-corrected chi connectivity index (χ3v) is 3.32. The van der Waals surface area contributed by atoms with Gasteiger partial charge in [0.2, 0.25) is 0 Å². The molecule has 2 aromatic rings. The zero-order chi connectivity index (χ0) is 17.0. The molecule has 4 nitrogen and oxygen atoms in total. The van der Waals surface area contributed by atoms with Crippen LogP contribution < -0.4 is 5.32 Å². The Balaban J connectivity index is 2.10. The van der Waals surface area contributed by atoms with Crippen molar-refractivity contribution in [2.75, 3.05) is 14.1 Å². The fourth-order valence-electron chi connectivity index (χ4n) is 2.15. The predicted octanol–water partition coefficient (Wildman–Crippen LogP) is 2.60. The average molecular weight is 318 g/mol. The summed E-state index contributed by atoms with van der Waals surface area (Å²) in [7, 11) is 3.08. The molecule has 0 fully saturated rings. The average Bonchev–Trinajstić information content (AvgIpc) is 2.53. The van der Waals surface area contributed by atoms with Crippen molar-refractivity contribution in [2.24, 2.45) is 0 Å². The van der Waals surface area contributed by atoms with E-state index in [0.717, 1.165) is 17.7 Å². The number of halogens is 2. The maximum Gasteiger partial charge on any atom is 0.254 e. The summed E-state index contributed by atoms with van der Waals surface area (Å²) in [6, 6.07) is 9.45. The first-order valence-electron chi connectivity index (χ1n) is 6.93. The summed E-state index contributed by atoms with van der Waals surface area (Å²) in [6.45, 7) is 0.255. The summed E-state index contributed by atoms with van der Waals surface area (Å²) in [5, 5.41) is 2.52. The molecule has 0 bridgehead atoms. The molecule has 0 aromatic heterocycles. The number of carbonyl (C=O) groups is 2. The van der Waals surface area contributed by atoms with Gasteiger partial charge < -0.3 is 10.2 Å². The first kappa shape index (κ1) is 16.6. The van der Waals surface area contributed by atoms with Crippen molar-refractivity contribution in [1.82, 2.24) is 10.2 Å². The van der Waals surface area contributed by atoms with E-state index in [0.29, 0.717) is 11.6 Å². The van der Waals surface area contributed by atoms with Crippen molar-refractivity contribution in [2.45, 2.75) is 6.54 Å². The third kappa shape index (κ3) is 4.12. The van der Waals surface area contributed by atoms with Crippen molar-refractivity contribution in [3.8, 4) is 0 Å².